The SMILES string of the molecule is NC1CCCN(C(=O)CCc2ccncc2)C1. The molecule has 2 rings (SSSR count). The first kappa shape index (κ1) is 12.0. The Balaban J connectivity index is 1.81. The van der Waals surface area contributed by atoms with Crippen molar-refractivity contribution in [2.24, 2.45) is 5.73 Å². The highest BCUT2D eigenvalue weighted by Gasteiger charge is 2.20. The number of carbonyl (C=O) groups excluding carboxylic acids is 1. The van der Waals surface area contributed by atoms with E-state index < -0.39 is 0 Å². The number of aryl methyl sites for hydroxylation is 1. The minimum atomic E-state index is 0.161. The zero-order valence-electron chi connectivity index (χ0n) is 10.0. The summed E-state index contributed by atoms with van der Waals surface area (Å²) in [4.78, 5) is 17.8. The number of rotatable bonds is 3. The van der Waals surface area contributed by atoms with Crippen LogP contribution >= 0.6 is 0 Å². The van der Waals surface area contributed by atoms with Crippen molar-refractivity contribution in [2.45, 2.75) is 31.7 Å². The molecule has 0 spiro atoms. The van der Waals surface area contributed by atoms with Gasteiger partial charge in [0.1, 0.15) is 0 Å². The fraction of sp³-hybridized carbons (Fsp3) is 0.538. The predicted molar refractivity (Wildman–Crippen MR) is 66.3 cm³/mol. The van der Waals surface area contributed by atoms with E-state index in [9.17, 15) is 4.79 Å². The van der Waals surface area contributed by atoms with Gasteiger partial charge in [-0.2, -0.15) is 0 Å². The molecule has 2 heterocycles. The number of hydrogen-bond donors (Lipinski definition) is 1. The van der Waals surface area contributed by atoms with Crippen LogP contribution in [0, 0.1) is 0 Å². The van der Waals surface area contributed by atoms with E-state index in [1.165, 1.54) is 0 Å². The Hall–Kier alpha value is -1.42. The van der Waals surface area contributed by atoms with Gasteiger partial charge in [0.2, 0.25) is 5.91 Å². The predicted octanol–water partition coefficient (Wildman–Crippen LogP) is 0.964. The molecule has 17 heavy (non-hydrogen) atoms. The van der Waals surface area contributed by atoms with Gasteiger partial charge in [0, 0.05) is 37.9 Å². The van der Waals surface area contributed by atoms with Crippen LogP contribution < -0.4 is 5.73 Å². The van der Waals surface area contributed by atoms with Gasteiger partial charge >= 0.3 is 0 Å². The van der Waals surface area contributed by atoms with E-state index in [0.29, 0.717) is 6.42 Å². The number of piperidine rings is 1. The third kappa shape index (κ3) is 3.53. The maximum absolute atomic E-state index is 12.0. The number of nitrogens with two attached hydrogens (primary N) is 1. The average Bonchev–Trinajstić information content (AvgIpc) is 2.37. The van der Waals surface area contributed by atoms with Crippen molar-refractivity contribution < 1.29 is 4.79 Å². The molecule has 1 atom stereocenters. The molecule has 0 aliphatic carbocycles. The van der Waals surface area contributed by atoms with Gasteiger partial charge in [-0.1, -0.05) is 0 Å². The highest BCUT2D eigenvalue weighted by atomic mass is 16.2. The van der Waals surface area contributed by atoms with Crippen LogP contribution in [0.2, 0.25) is 0 Å². The number of aromatic nitrogens is 1. The third-order valence-corrected chi connectivity index (χ3v) is 3.19. The maximum atomic E-state index is 12.0. The van der Waals surface area contributed by atoms with Gasteiger partial charge in [0.25, 0.3) is 0 Å². The quantitative estimate of drug-likeness (QED) is 0.846. The maximum Gasteiger partial charge on any atom is 0.222 e. The molecule has 0 radical (unpaired) electrons. The Morgan fingerprint density at radius 3 is 2.94 bits per heavy atom. The van der Waals surface area contributed by atoms with E-state index in [1.807, 2.05) is 17.0 Å². The van der Waals surface area contributed by atoms with Crippen molar-refractivity contribution in [3.8, 4) is 0 Å². The Kier molecular flexibility index (Phi) is 4.09. The third-order valence-electron chi connectivity index (χ3n) is 3.19. The summed E-state index contributed by atoms with van der Waals surface area (Å²) in [6, 6.07) is 4.07. The lowest BCUT2D eigenvalue weighted by molar-refractivity contribution is -0.132. The first-order valence-electron chi connectivity index (χ1n) is 6.18. The number of hydrogen-bond acceptors (Lipinski definition) is 3. The van der Waals surface area contributed by atoms with Gasteiger partial charge in [-0.15, -0.1) is 0 Å². The lowest BCUT2D eigenvalue weighted by Gasteiger charge is -2.30. The molecule has 4 nitrogen and oxygen atoms in total. The molecule has 0 saturated carbocycles. The standard InChI is InChI=1S/C13H19N3O/c14-12-2-1-9-16(10-12)13(17)4-3-11-5-7-15-8-6-11/h5-8,12H,1-4,9-10,14H2. The molecule has 1 amide bonds. The summed E-state index contributed by atoms with van der Waals surface area (Å²) in [6.45, 7) is 1.58. The number of carbonyl (C=O) groups is 1. The molecule has 1 saturated heterocycles. The van der Waals surface area contributed by atoms with E-state index in [4.69, 9.17) is 5.73 Å². The van der Waals surface area contributed by atoms with Gasteiger partial charge in [0.15, 0.2) is 0 Å². The second-order valence-corrected chi connectivity index (χ2v) is 4.60. The highest BCUT2D eigenvalue weighted by Crippen LogP contribution is 2.11. The zero-order chi connectivity index (χ0) is 12.1. The van der Waals surface area contributed by atoms with Gasteiger partial charge in [-0.3, -0.25) is 9.78 Å². The summed E-state index contributed by atoms with van der Waals surface area (Å²) in [7, 11) is 0. The number of likely N-dealkylation sites (tertiary alicyclic amines) is 1. The van der Waals surface area contributed by atoms with E-state index >= 15 is 0 Å². The molecule has 0 aromatic carbocycles. The van der Waals surface area contributed by atoms with Crippen LogP contribution in [0.25, 0.3) is 0 Å². The fourth-order valence-electron chi connectivity index (χ4n) is 2.20. The molecule has 2 N–H and O–H groups in total. The molecule has 4 heteroatoms. The van der Waals surface area contributed by atoms with Crippen LogP contribution in [0.4, 0.5) is 0 Å². The second kappa shape index (κ2) is 5.77. The van der Waals surface area contributed by atoms with Crippen molar-refractivity contribution in [3.05, 3.63) is 30.1 Å². The van der Waals surface area contributed by atoms with E-state index in [-0.39, 0.29) is 11.9 Å². The topological polar surface area (TPSA) is 59.2 Å². The summed E-state index contributed by atoms with van der Waals surface area (Å²) in [5.74, 6) is 0.219. The number of pyridine rings is 1. The average molecular weight is 233 g/mol. The number of nitrogens with zero attached hydrogens (tertiary/aromatic N) is 2. The second-order valence-electron chi connectivity index (χ2n) is 4.60. The lowest BCUT2D eigenvalue weighted by atomic mass is 10.1. The van der Waals surface area contributed by atoms with Crippen molar-refractivity contribution >= 4 is 5.91 Å². The van der Waals surface area contributed by atoms with Crippen molar-refractivity contribution in [3.63, 3.8) is 0 Å². The Morgan fingerprint density at radius 1 is 1.47 bits per heavy atom. The van der Waals surface area contributed by atoms with Crippen LogP contribution in [0.15, 0.2) is 24.5 Å². The molecule has 1 aromatic rings. The molecular weight excluding hydrogens is 214 g/mol. The molecule has 1 aliphatic heterocycles. The van der Waals surface area contributed by atoms with Crippen LogP contribution in [0.3, 0.4) is 0 Å². The molecule has 0 bridgehead atoms. The normalized spacial score (nSPS) is 20.3. The first-order chi connectivity index (χ1) is 8.25. The van der Waals surface area contributed by atoms with E-state index in [2.05, 4.69) is 4.98 Å². The Morgan fingerprint density at radius 2 is 2.24 bits per heavy atom. The Bertz CT molecular complexity index is 366. The number of amides is 1. The largest absolute Gasteiger partial charge is 0.341 e. The van der Waals surface area contributed by atoms with Crippen LogP contribution in [-0.4, -0.2) is 34.9 Å². The molecule has 92 valence electrons. The molecule has 1 fully saturated rings. The van der Waals surface area contributed by atoms with Gasteiger partial charge in [0.05, 0.1) is 0 Å². The summed E-state index contributed by atoms with van der Waals surface area (Å²) in [5, 5.41) is 0. The minimum Gasteiger partial charge on any atom is -0.341 e. The lowest BCUT2D eigenvalue weighted by Crippen LogP contribution is -2.45. The molecule has 1 aliphatic rings. The molecule has 1 aromatic heterocycles. The van der Waals surface area contributed by atoms with Crippen LogP contribution in [0.1, 0.15) is 24.8 Å². The summed E-state index contributed by atoms with van der Waals surface area (Å²) >= 11 is 0. The van der Waals surface area contributed by atoms with E-state index in [0.717, 1.165) is 37.9 Å². The fourth-order valence-corrected chi connectivity index (χ4v) is 2.20. The zero-order valence-corrected chi connectivity index (χ0v) is 10.0. The minimum absolute atomic E-state index is 0.161. The summed E-state index contributed by atoms with van der Waals surface area (Å²) in [6.07, 6.45) is 6.94. The van der Waals surface area contributed by atoms with E-state index in [1.54, 1.807) is 12.4 Å². The molecule has 1 unspecified atom stereocenters. The first-order valence-corrected chi connectivity index (χ1v) is 6.18. The summed E-state index contributed by atoms with van der Waals surface area (Å²) < 4.78 is 0. The monoisotopic (exact) mass is 233 g/mol. The van der Waals surface area contributed by atoms with Gasteiger partial charge < -0.3 is 10.6 Å². The van der Waals surface area contributed by atoms with Crippen LogP contribution in [0.5, 0.6) is 0 Å². The van der Waals surface area contributed by atoms with Gasteiger partial charge in [-0.05, 0) is 37.0 Å². The van der Waals surface area contributed by atoms with Crippen molar-refractivity contribution in [1.82, 2.24) is 9.88 Å². The smallest absolute Gasteiger partial charge is 0.222 e. The highest BCUT2D eigenvalue weighted by molar-refractivity contribution is 5.76. The van der Waals surface area contributed by atoms with Gasteiger partial charge in [-0.25, -0.2) is 0 Å². The molecular formula is C13H19N3O. The van der Waals surface area contributed by atoms with Crippen molar-refractivity contribution in [2.75, 3.05) is 13.1 Å². The van der Waals surface area contributed by atoms with Crippen LogP contribution in [-0.2, 0) is 11.2 Å². The summed E-state index contributed by atoms with van der Waals surface area (Å²) in [5.41, 5.74) is 7.03. The Labute approximate surface area is 102 Å². The van der Waals surface area contributed by atoms with Crippen molar-refractivity contribution in [1.29, 1.82) is 0 Å².